The second kappa shape index (κ2) is 5.12. The summed E-state index contributed by atoms with van der Waals surface area (Å²) in [5.41, 5.74) is 2.02. The maximum Gasteiger partial charge on any atom is 0.259 e. The molecule has 1 N–H and O–H groups in total. The molecule has 0 unspecified atom stereocenters. The molecule has 0 saturated heterocycles. The van der Waals surface area contributed by atoms with Crippen molar-refractivity contribution in [2.24, 2.45) is 7.05 Å². The van der Waals surface area contributed by atoms with Gasteiger partial charge in [0.05, 0.1) is 16.8 Å². The second-order valence-electron chi connectivity index (χ2n) is 3.85. The van der Waals surface area contributed by atoms with Crippen LogP contribution in [0.5, 0.6) is 0 Å². The third-order valence-electron chi connectivity index (χ3n) is 2.66. The van der Waals surface area contributed by atoms with Crippen molar-refractivity contribution < 1.29 is 4.79 Å². The first-order chi connectivity index (χ1) is 8.49. The number of amides is 1. The summed E-state index contributed by atoms with van der Waals surface area (Å²) in [5, 5.41) is 7.37. The Bertz CT molecular complexity index is 609. The number of nitrogens with one attached hydrogen (secondary N) is 1. The third kappa shape index (κ3) is 2.57. The molecule has 4 nitrogen and oxygen atoms in total. The monoisotopic (exact) mass is 327 g/mol. The van der Waals surface area contributed by atoms with Gasteiger partial charge in [-0.05, 0) is 41.1 Å². The number of carbonyl (C=O) groups is 1. The minimum atomic E-state index is -0.195. The lowest BCUT2D eigenvalue weighted by molar-refractivity contribution is 0.102. The van der Waals surface area contributed by atoms with Crippen LogP contribution in [0.2, 0.25) is 5.02 Å². The molecule has 1 amide bonds. The number of benzene rings is 1. The van der Waals surface area contributed by atoms with Gasteiger partial charge < -0.3 is 5.32 Å². The number of hydrogen-bond acceptors (Lipinski definition) is 2. The number of hydrogen-bond donors (Lipinski definition) is 1. The largest absolute Gasteiger partial charge is 0.322 e. The van der Waals surface area contributed by atoms with Crippen molar-refractivity contribution in [3.05, 3.63) is 45.1 Å². The fourth-order valence-corrected chi connectivity index (χ4v) is 1.92. The number of aryl methyl sites for hydroxylation is 1. The SMILES string of the molecule is Cc1c(C(=O)Nc2ccc(Br)c(Cl)c2)cnn1C. The zero-order valence-corrected chi connectivity index (χ0v) is 12.2. The van der Waals surface area contributed by atoms with E-state index in [2.05, 4.69) is 26.3 Å². The van der Waals surface area contributed by atoms with E-state index >= 15 is 0 Å². The zero-order valence-electron chi connectivity index (χ0n) is 9.87. The van der Waals surface area contributed by atoms with Gasteiger partial charge in [-0.25, -0.2) is 0 Å². The number of rotatable bonds is 2. The number of anilines is 1. The first-order valence-electron chi connectivity index (χ1n) is 5.24. The van der Waals surface area contributed by atoms with Crippen molar-refractivity contribution >= 4 is 39.1 Å². The van der Waals surface area contributed by atoms with Gasteiger partial charge in [0.25, 0.3) is 5.91 Å². The first kappa shape index (κ1) is 13.1. The van der Waals surface area contributed by atoms with Gasteiger partial charge in [0, 0.05) is 22.9 Å². The molecule has 18 heavy (non-hydrogen) atoms. The van der Waals surface area contributed by atoms with Gasteiger partial charge in [-0.1, -0.05) is 11.6 Å². The molecule has 0 aliphatic carbocycles. The molecule has 1 aromatic heterocycles. The van der Waals surface area contributed by atoms with Crippen LogP contribution in [0.3, 0.4) is 0 Å². The van der Waals surface area contributed by atoms with E-state index < -0.39 is 0 Å². The summed E-state index contributed by atoms with van der Waals surface area (Å²) in [4.78, 5) is 12.0. The predicted octanol–water partition coefficient (Wildman–Crippen LogP) is 3.40. The van der Waals surface area contributed by atoms with Crippen molar-refractivity contribution in [2.45, 2.75) is 6.92 Å². The van der Waals surface area contributed by atoms with Gasteiger partial charge in [0.2, 0.25) is 0 Å². The number of carbonyl (C=O) groups excluding carboxylic acids is 1. The minimum absolute atomic E-state index is 0.195. The van der Waals surface area contributed by atoms with E-state index in [0.717, 1.165) is 10.2 Å². The molecule has 94 valence electrons. The van der Waals surface area contributed by atoms with Crippen molar-refractivity contribution in [1.29, 1.82) is 0 Å². The molecule has 0 saturated carbocycles. The standard InChI is InChI=1S/C12H11BrClN3O/c1-7-9(6-15-17(7)2)12(18)16-8-3-4-10(13)11(14)5-8/h3-6H,1-2H3,(H,16,18). The van der Waals surface area contributed by atoms with Crippen LogP contribution in [0.4, 0.5) is 5.69 Å². The Morgan fingerprint density at radius 1 is 1.50 bits per heavy atom. The normalized spacial score (nSPS) is 10.4. The summed E-state index contributed by atoms with van der Waals surface area (Å²) in [6, 6.07) is 5.25. The molecular weight excluding hydrogens is 318 g/mol. The highest BCUT2D eigenvalue weighted by Gasteiger charge is 2.13. The highest BCUT2D eigenvalue weighted by molar-refractivity contribution is 9.10. The van der Waals surface area contributed by atoms with Crippen LogP contribution in [0.15, 0.2) is 28.9 Å². The van der Waals surface area contributed by atoms with E-state index in [1.165, 1.54) is 0 Å². The Hall–Kier alpha value is -1.33. The Kier molecular flexibility index (Phi) is 3.73. The van der Waals surface area contributed by atoms with E-state index in [1.807, 2.05) is 6.92 Å². The molecule has 0 radical (unpaired) electrons. The molecule has 0 fully saturated rings. The van der Waals surface area contributed by atoms with Crippen molar-refractivity contribution in [1.82, 2.24) is 9.78 Å². The number of halogens is 2. The summed E-state index contributed by atoms with van der Waals surface area (Å²) in [6.45, 7) is 1.84. The summed E-state index contributed by atoms with van der Waals surface area (Å²) in [7, 11) is 1.79. The molecule has 2 rings (SSSR count). The average molecular weight is 329 g/mol. The fraction of sp³-hybridized carbons (Fsp3) is 0.167. The highest BCUT2D eigenvalue weighted by Crippen LogP contribution is 2.25. The average Bonchev–Trinajstić information content (AvgIpc) is 2.65. The van der Waals surface area contributed by atoms with Crippen LogP contribution in [-0.4, -0.2) is 15.7 Å². The van der Waals surface area contributed by atoms with Crippen molar-refractivity contribution in [2.75, 3.05) is 5.32 Å². The van der Waals surface area contributed by atoms with E-state index in [1.54, 1.807) is 36.1 Å². The Labute approximate surface area is 118 Å². The first-order valence-corrected chi connectivity index (χ1v) is 6.41. The van der Waals surface area contributed by atoms with Crippen molar-refractivity contribution in [3.63, 3.8) is 0 Å². The molecule has 0 spiro atoms. The zero-order chi connectivity index (χ0) is 13.3. The summed E-state index contributed by atoms with van der Waals surface area (Å²) in [5.74, 6) is -0.195. The van der Waals surface area contributed by atoms with E-state index in [-0.39, 0.29) is 5.91 Å². The van der Waals surface area contributed by atoms with Crippen LogP contribution in [0.25, 0.3) is 0 Å². The van der Waals surface area contributed by atoms with Gasteiger partial charge >= 0.3 is 0 Å². The van der Waals surface area contributed by atoms with Crippen molar-refractivity contribution in [3.8, 4) is 0 Å². The quantitative estimate of drug-likeness (QED) is 0.918. The van der Waals surface area contributed by atoms with Crippen LogP contribution >= 0.6 is 27.5 Å². The van der Waals surface area contributed by atoms with Crippen LogP contribution in [-0.2, 0) is 7.05 Å². The molecule has 2 aromatic rings. The second-order valence-corrected chi connectivity index (χ2v) is 5.11. The fourth-order valence-electron chi connectivity index (χ4n) is 1.49. The molecule has 6 heteroatoms. The summed E-state index contributed by atoms with van der Waals surface area (Å²) < 4.78 is 2.45. The molecule has 1 heterocycles. The maximum absolute atomic E-state index is 12.0. The van der Waals surface area contributed by atoms with Gasteiger partial charge in [-0.15, -0.1) is 0 Å². The highest BCUT2D eigenvalue weighted by atomic mass is 79.9. The van der Waals surface area contributed by atoms with Gasteiger partial charge in [0.15, 0.2) is 0 Å². The molecule has 0 bridgehead atoms. The van der Waals surface area contributed by atoms with E-state index in [0.29, 0.717) is 16.3 Å². The van der Waals surface area contributed by atoms with Crippen LogP contribution in [0.1, 0.15) is 16.1 Å². The lowest BCUT2D eigenvalue weighted by Crippen LogP contribution is -2.12. The van der Waals surface area contributed by atoms with E-state index in [4.69, 9.17) is 11.6 Å². The Balaban J connectivity index is 2.21. The smallest absolute Gasteiger partial charge is 0.259 e. The van der Waals surface area contributed by atoms with Crippen LogP contribution < -0.4 is 5.32 Å². The predicted molar refractivity (Wildman–Crippen MR) is 75.1 cm³/mol. The lowest BCUT2D eigenvalue weighted by atomic mass is 10.2. The summed E-state index contributed by atoms with van der Waals surface area (Å²) in [6.07, 6.45) is 1.55. The van der Waals surface area contributed by atoms with Gasteiger partial charge in [-0.3, -0.25) is 9.48 Å². The molecule has 0 aliphatic rings. The maximum atomic E-state index is 12.0. The topological polar surface area (TPSA) is 46.9 Å². The molecule has 0 atom stereocenters. The number of nitrogens with zero attached hydrogens (tertiary/aromatic N) is 2. The number of aromatic nitrogens is 2. The molecular formula is C12H11BrClN3O. The Morgan fingerprint density at radius 2 is 2.22 bits per heavy atom. The van der Waals surface area contributed by atoms with Crippen LogP contribution in [0, 0.1) is 6.92 Å². The summed E-state index contributed by atoms with van der Waals surface area (Å²) >= 11 is 9.26. The molecule has 1 aromatic carbocycles. The van der Waals surface area contributed by atoms with E-state index in [9.17, 15) is 4.79 Å². The lowest BCUT2D eigenvalue weighted by Gasteiger charge is -2.06. The van der Waals surface area contributed by atoms with Gasteiger partial charge in [0.1, 0.15) is 0 Å². The Morgan fingerprint density at radius 3 is 2.78 bits per heavy atom. The third-order valence-corrected chi connectivity index (χ3v) is 3.89. The minimum Gasteiger partial charge on any atom is -0.322 e. The molecule has 0 aliphatic heterocycles. The van der Waals surface area contributed by atoms with Gasteiger partial charge in [-0.2, -0.15) is 5.10 Å².